The fourth-order valence-corrected chi connectivity index (χ4v) is 5.61. The number of hydrogen-bond donors (Lipinski definition) is 0. The van der Waals surface area contributed by atoms with E-state index >= 15 is 0 Å². The highest BCUT2D eigenvalue weighted by molar-refractivity contribution is 7.92. The first kappa shape index (κ1) is 15.5. The van der Waals surface area contributed by atoms with Crippen LogP contribution in [0.25, 0.3) is 6.08 Å². The first-order chi connectivity index (χ1) is 11.6. The summed E-state index contributed by atoms with van der Waals surface area (Å²) in [5.41, 5.74) is 0.893. The van der Waals surface area contributed by atoms with E-state index in [4.69, 9.17) is 0 Å². The van der Waals surface area contributed by atoms with Gasteiger partial charge in [-0.05, 0) is 37.3 Å². The summed E-state index contributed by atoms with van der Waals surface area (Å²) < 4.78 is 27.3. The summed E-state index contributed by atoms with van der Waals surface area (Å²) >= 11 is 0. The molecular formula is C17H20N4O2S. The fraction of sp³-hybridized carbons (Fsp3) is 0.412. The lowest BCUT2D eigenvalue weighted by Gasteiger charge is -2.36. The first-order valence-corrected chi connectivity index (χ1v) is 9.76. The predicted molar refractivity (Wildman–Crippen MR) is 91.3 cm³/mol. The normalized spacial score (nSPS) is 27.8. The van der Waals surface area contributed by atoms with Crippen molar-refractivity contribution in [3.05, 3.63) is 53.7 Å². The Kier molecular flexibility index (Phi) is 3.97. The monoisotopic (exact) mass is 344 g/mol. The molecule has 2 atom stereocenters. The molecular weight excluding hydrogens is 324 g/mol. The summed E-state index contributed by atoms with van der Waals surface area (Å²) in [6.07, 6.45) is 8.42. The molecule has 0 amide bonds. The summed E-state index contributed by atoms with van der Waals surface area (Å²) in [5, 5.41) is 9.79. The van der Waals surface area contributed by atoms with Gasteiger partial charge in [-0.25, -0.2) is 8.42 Å². The second kappa shape index (κ2) is 6.14. The molecule has 4 rings (SSSR count). The summed E-state index contributed by atoms with van der Waals surface area (Å²) in [7, 11) is -3.41. The molecule has 0 N–H and O–H groups in total. The average molecular weight is 344 g/mol. The maximum atomic E-state index is 12.8. The summed E-state index contributed by atoms with van der Waals surface area (Å²) in [6, 6.07) is 9.81. The lowest BCUT2D eigenvalue weighted by atomic mass is 10.0. The maximum absolute atomic E-state index is 12.8. The van der Waals surface area contributed by atoms with E-state index in [0.717, 1.165) is 31.2 Å². The van der Waals surface area contributed by atoms with Crippen LogP contribution in [0, 0.1) is 0 Å². The standard InChI is InChI=1S/C17H20N4O2S/c22-24(23,11-8-14-4-2-1-3-5-14)20-15-6-7-16(20)13-17(12-15)21-18-9-10-19-21/h1-5,8-11,15-17H,6-7,12-13H2. The third-order valence-electron chi connectivity index (χ3n) is 4.93. The zero-order chi connectivity index (χ0) is 16.6. The third kappa shape index (κ3) is 2.89. The molecule has 2 aromatic rings. The highest BCUT2D eigenvalue weighted by Crippen LogP contribution is 2.42. The molecule has 2 aliphatic heterocycles. The Balaban J connectivity index is 1.53. The molecule has 0 spiro atoms. The Hall–Kier alpha value is -1.99. The molecule has 0 aliphatic carbocycles. The van der Waals surface area contributed by atoms with Crippen molar-refractivity contribution in [2.75, 3.05) is 0 Å². The van der Waals surface area contributed by atoms with Gasteiger partial charge in [-0.2, -0.15) is 19.3 Å². The van der Waals surface area contributed by atoms with Crippen LogP contribution < -0.4 is 0 Å². The first-order valence-electron chi connectivity index (χ1n) is 8.26. The molecule has 7 heteroatoms. The second-order valence-corrected chi connectivity index (χ2v) is 8.17. The van der Waals surface area contributed by atoms with Gasteiger partial charge in [0, 0.05) is 17.5 Å². The van der Waals surface area contributed by atoms with Gasteiger partial charge in [0.05, 0.1) is 18.4 Å². The molecule has 2 aliphatic rings. The predicted octanol–water partition coefficient (Wildman–Crippen LogP) is 2.45. The maximum Gasteiger partial charge on any atom is 0.236 e. The van der Waals surface area contributed by atoms with Gasteiger partial charge in [0.15, 0.2) is 0 Å². The van der Waals surface area contributed by atoms with Crippen LogP contribution in [0.2, 0.25) is 0 Å². The van der Waals surface area contributed by atoms with Gasteiger partial charge >= 0.3 is 0 Å². The van der Waals surface area contributed by atoms with Gasteiger partial charge in [-0.15, -0.1) is 0 Å². The molecule has 3 heterocycles. The van der Waals surface area contributed by atoms with Gasteiger partial charge in [0.2, 0.25) is 10.0 Å². The largest absolute Gasteiger partial charge is 0.236 e. The molecule has 2 saturated heterocycles. The van der Waals surface area contributed by atoms with Crippen molar-refractivity contribution in [3.8, 4) is 0 Å². The van der Waals surface area contributed by atoms with Gasteiger partial charge < -0.3 is 0 Å². The van der Waals surface area contributed by atoms with Crippen LogP contribution in [-0.2, 0) is 10.0 Å². The van der Waals surface area contributed by atoms with Gasteiger partial charge in [-0.1, -0.05) is 30.3 Å². The minimum absolute atomic E-state index is 0.0465. The van der Waals surface area contributed by atoms with E-state index < -0.39 is 10.0 Å². The topological polar surface area (TPSA) is 68.1 Å². The van der Waals surface area contributed by atoms with Crippen molar-refractivity contribution in [3.63, 3.8) is 0 Å². The molecule has 24 heavy (non-hydrogen) atoms. The van der Waals surface area contributed by atoms with Crippen LogP contribution in [0.1, 0.15) is 37.3 Å². The van der Waals surface area contributed by atoms with Crippen molar-refractivity contribution in [1.82, 2.24) is 19.3 Å². The minimum atomic E-state index is -3.41. The van der Waals surface area contributed by atoms with Crippen LogP contribution >= 0.6 is 0 Å². The third-order valence-corrected chi connectivity index (χ3v) is 6.59. The smallest absolute Gasteiger partial charge is 0.207 e. The SMILES string of the molecule is O=S(=O)(C=Cc1ccccc1)N1C2CCC1CC(n1nccn1)C2. The summed E-state index contributed by atoms with van der Waals surface area (Å²) in [4.78, 5) is 1.73. The molecule has 6 nitrogen and oxygen atoms in total. The molecule has 0 radical (unpaired) electrons. The summed E-state index contributed by atoms with van der Waals surface area (Å²) in [5.74, 6) is 0. The van der Waals surface area contributed by atoms with Crippen LogP contribution in [0.15, 0.2) is 48.1 Å². The van der Waals surface area contributed by atoms with E-state index in [1.165, 1.54) is 5.41 Å². The average Bonchev–Trinajstić information content (AvgIpc) is 3.21. The molecule has 2 fully saturated rings. The zero-order valence-corrected chi connectivity index (χ0v) is 14.1. The number of rotatable bonds is 4. The quantitative estimate of drug-likeness (QED) is 0.854. The molecule has 1 aromatic carbocycles. The van der Waals surface area contributed by atoms with Crippen molar-refractivity contribution in [2.45, 2.75) is 43.8 Å². The second-order valence-electron chi connectivity index (χ2n) is 6.45. The van der Waals surface area contributed by atoms with E-state index in [9.17, 15) is 8.42 Å². The fourth-order valence-electron chi connectivity index (χ4n) is 3.92. The zero-order valence-electron chi connectivity index (χ0n) is 13.3. The number of piperidine rings is 1. The van der Waals surface area contributed by atoms with E-state index in [2.05, 4.69) is 10.2 Å². The molecule has 1 aromatic heterocycles. The minimum Gasteiger partial charge on any atom is -0.207 e. The molecule has 2 unspecified atom stereocenters. The van der Waals surface area contributed by atoms with Gasteiger partial charge in [0.25, 0.3) is 0 Å². The van der Waals surface area contributed by atoms with Crippen LogP contribution in [0.4, 0.5) is 0 Å². The molecule has 0 saturated carbocycles. The highest BCUT2D eigenvalue weighted by Gasteiger charge is 2.46. The number of fused-ring (bicyclic) bond motifs is 2. The van der Waals surface area contributed by atoms with E-state index in [1.807, 2.05) is 30.3 Å². The van der Waals surface area contributed by atoms with Crippen molar-refractivity contribution in [1.29, 1.82) is 0 Å². The van der Waals surface area contributed by atoms with Crippen molar-refractivity contribution < 1.29 is 8.42 Å². The lowest BCUT2D eigenvalue weighted by Crippen LogP contribution is -2.46. The number of sulfonamides is 1. The Morgan fingerprint density at radius 2 is 1.58 bits per heavy atom. The number of hydrogen-bond acceptors (Lipinski definition) is 4. The van der Waals surface area contributed by atoms with Crippen LogP contribution in [0.3, 0.4) is 0 Å². The van der Waals surface area contributed by atoms with Crippen molar-refractivity contribution >= 4 is 16.1 Å². The van der Waals surface area contributed by atoms with Crippen LogP contribution in [0.5, 0.6) is 0 Å². The van der Waals surface area contributed by atoms with Gasteiger partial charge in [-0.3, -0.25) is 0 Å². The number of nitrogens with zero attached hydrogens (tertiary/aromatic N) is 4. The van der Waals surface area contributed by atoms with E-state index in [1.54, 1.807) is 27.6 Å². The Morgan fingerprint density at radius 1 is 0.958 bits per heavy atom. The lowest BCUT2D eigenvalue weighted by molar-refractivity contribution is 0.176. The Morgan fingerprint density at radius 3 is 2.21 bits per heavy atom. The van der Waals surface area contributed by atoms with E-state index in [-0.39, 0.29) is 18.1 Å². The van der Waals surface area contributed by atoms with Gasteiger partial charge in [0.1, 0.15) is 0 Å². The molecule has 2 bridgehead atoms. The van der Waals surface area contributed by atoms with Crippen molar-refractivity contribution in [2.24, 2.45) is 0 Å². The number of aromatic nitrogens is 3. The number of benzene rings is 1. The Labute approximate surface area is 141 Å². The van der Waals surface area contributed by atoms with Crippen LogP contribution in [-0.4, -0.2) is 39.8 Å². The summed E-state index contributed by atoms with van der Waals surface area (Å²) in [6.45, 7) is 0. The highest BCUT2D eigenvalue weighted by atomic mass is 32.2. The Bertz CT molecular complexity index is 804. The van der Waals surface area contributed by atoms with E-state index in [0.29, 0.717) is 0 Å². The molecule has 126 valence electrons.